The summed E-state index contributed by atoms with van der Waals surface area (Å²) in [6.45, 7) is 28.8. The summed E-state index contributed by atoms with van der Waals surface area (Å²) in [5.41, 5.74) is 0.325. The van der Waals surface area contributed by atoms with Gasteiger partial charge in [-0.2, -0.15) is 0 Å². The lowest BCUT2D eigenvalue weighted by molar-refractivity contribution is -0.249. The third-order valence-corrected chi connectivity index (χ3v) is 19.4. The number of Topliss-reactive ketones (excluding diaryl/α,β-unsaturated/α-hetero) is 1. The van der Waals surface area contributed by atoms with E-state index in [9.17, 15) is 14.7 Å². The molecule has 0 aromatic rings. The van der Waals surface area contributed by atoms with Gasteiger partial charge in [0.05, 0.1) is 11.8 Å². The van der Waals surface area contributed by atoms with Crippen LogP contribution in [0, 0.1) is 79.8 Å². The molecular formula is C49H79NO5. The lowest BCUT2D eigenvalue weighted by atomic mass is 9.32. The van der Waals surface area contributed by atoms with Gasteiger partial charge in [-0.15, -0.1) is 0 Å². The van der Waals surface area contributed by atoms with Crippen LogP contribution in [0.2, 0.25) is 0 Å². The molecule has 1 N–H and O–H groups in total. The molecule has 310 valence electrons. The number of ether oxygens (including phenoxy) is 1. The Kier molecular flexibility index (Phi) is 11.0. The van der Waals surface area contributed by atoms with Crippen molar-refractivity contribution in [2.45, 2.75) is 178 Å². The fraction of sp³-hybridized carbons (Fsp3) is 0.898. The zero-order valence-corrected chi connectivity index (χ0v) is 36.6. The summed E-state index contributed by atoms with van der Waals surface area (Å²) in [6.07, 6.45) is 18.1. The van der Waals surface area contributed by atoms with Crippen molar-refractivity contribution >= 4 is 17.7 Å². The molecule has 6 aliphatic carbocycles. The fourth-order valence-electron chi connectivity index (χ4n) is 16.3. The lowest BCUT2D eigenvalue weighted by Gasteiger charge is -2.73. The van der Waals surface area contributed by atoms with Crippen LogP contribution in [0.25, 0.3) is 0 Å². The van der Waals surface area contributed by atoms with Gasteiger partial charge in [0.1, 0.15) is 11.9 Å². The molecule has 0 amide bonds. The van der Waals surface area contributed by atoms with Crippen molar-refractivity contribution in [3.05, 3.63) is 12.2 Å². The largest absolute Gasteiger partial charge is 0.481 e. The maximum atomic E-state index is 15.0. The van der Waals surface area contributed by atoms with E-state index in [1.165, 1.54) is 83.0 Å². The van der Waals surface area contributed by atoms with Crippen molar-refractivity contribution in [1.29, 1.82) is 0 Å². The second-order valence-corrected chi connectivity index (χ2v) is 23.2. The van der Waals surface area contributed by atoms with Gasteiger partial charge in [0, 0.05) is 30.3 Å². The van der Waals surface area contributed by atoms with Gasteiger partial charge < -0.3 is 14.7 Å². The first-order valence-electron chi connectivity index (χ1n) is 23.0. The number of fused-ring (bicyclic) bond motifs is 7. The Balaban J connectivity index is 1.08. The minimum absolute atomic E-state index is 0.104. The summed E-state index contributed by atoms with van der Waals surface area (Å²) >= 11 is 0. The average molecular weight is 762 g/mol. The maximum Gasteiger partial charge on any atom is 0.309 e. The molecule has 0 spiro atoms. The molecule has 0 bridgehead atoms. The highest BCUT2D eigenvalue weighted by molar-refractivity contribution is 5.86. The van der Waals surface area contributed by atoms with Gasteiger partial charge in [-0.25, -0.2) is 0 Å². The second-order valence-electron chi connectivity index (χ2n) is 23.2. The van der Waals surface area contributed by atoms with Gasteiger partial charge in [0.25, 0.3) is 0 Å². The Hall–Kier alpha value is -1.69. The summed E-state index contributed by atoms with van der Waals surface area (Å²) in [5.74, 6) is 3.89. The Morgan fingerprint density at radius 1 is 0.836 bits per heavy atom. The van der Waals surface area contributed by atoms with E-state index in [1.807, 2.05) is 0 Å². The average Bonchev–Trinajstić information content (AvgIpc) is 3.71. The molecule has 1 saturated heterocycles. The highest BCUT2D eigenvalue weighted by Gasteiger charge is 2.72. The molecule has 0 aromatic heterocycles. The molecule has 2 unspecified atom stereocenters. The first-order valence-corrected chi connectivity index (χ1v) is 23.0. The zero-order valence-electron chi connectivity index (χ0n) is 36.6. The van der Waals surface area contributed by atoms with E-state index in [2.05, 4.69) is 59.9 Å². The highest BCUT2D eigenvalue weighted by atomic mass is 16.5. The van der Waals surface area contributed by atoms with Crippen molar-refractivity contribution in [3.63, 3.8) is 0 Å². The van der Waals surface area contributed by atoms with Crippen LogP contribution in [0.4, 0.5) is 0 Å². The smallest absolute Gasteiger partial charge is 0.309 e. The number of carboxylic acid groups (broad SMARTS) is 1. The first kappa shape index (κ1) is 41.5. The molecule has 6 heteroatoms. The number of likely N-dealkylation sites (tertiary alicyclic amines) is 1. The zero-order chi connectivity index (χ0) is 39.9. The van der Waals surface area contributed by atoms with Gasteiger partial charge in [0.2, 0.25) is 0 Å². The Morgan fingerprint density at radius 3 is 2.25 bits per heavy atom. The van der Waals surface area contributed by atoms with E-state index in [4.69, 9.17) is 4.74 Å². The number of rotatable bonds is 10. The third kappa shape index (κ3) is 6.82. The number of piperidine rings is 1. The fourth-order valence-corrected chi connectivity index (χ4v) is 16.3. The molecule has 7 aliphatic rings. The number of carbonyl (C=O) groups is 3. The van der Waals surface area contributed by atoms with E-state index >= 15 is 4.79 Å². The van der Waals surface area contributed by atoms with Gasteiger partial charge in [0.15, 0.2) is 0 Å². The van der Waals surface area contributed by atoms with Crippen molar-refractivity contribution in [2.24, 2.45) is 79.8 Å². The molecule has 55 heavy (non-hydrogen) atoms. The van der Waals surface area contributed by atoms with Crippen molar-refractivity contribution < 1.29 is 24.2 Å². The van der Waals surface area contributed by atoms with E-state index in [1.54, 1.807) is 13.8 Å². The highest BCUT2D eigenvalue weighted by Crippen LogP contribution is 2.78. The minimum atomic E-state index is -1.14. The monoisotopic (exact) mass is 762 g/mol. The van der Waals surface area contributed by atoms with E-state index in [0.717, 1.165) is 56.8 Å². The normalized spacial score (nSPS) is 45.4. The Labute approximate surface area is 335 Å². The topological polar surface area (TPSA) is 83.9 Å². The third-order valence-electron chi connectivity index (χ3n) is 19.4. The van der Waals surface area contributed by atoms with Crippen LogP contribution in [0.3, 0.4) is 0 Å². The van der Waals surface area contributed by atoms with Gasteiger partial charge in [-0.3, -0.25) is 14.4 Å². The number of nitrogens with zero attached hydrogens (tertiary/aromatic N) is 1. The van der Waals surface area contributed by atoms with Gasteiger partial charge in [-0.05, 0) is 187 Å². The molecule has 0 aromatic carbocycles. The molecule has 6 nitrogen and oxygen atoms in total. The molecule has 13 atom stereocenters. The van der Waals surface area contributed by atoms with Gasteiger partial charge in [-0.1, -0.05) is 53.7 Å². The molecule has 7 rings (SSSR count). The molecule has 6 saturated carbocycles. The molecule has 1 heterocycles. The van der Waals surface area contributed by atoms with E-state index in [-0.39, 0.29) is 45.6 Å². The SMILES string of the molecule is C=C(C)[C@@H]1CC[C@]2(C(=O)C[C@@H]3CCC(CN4CCCC(C)C4)C3)CC[C@]3(C)[C@H](CC[C@@H]4[C@@]5(C)CC[C@H](OC(=O)CC(C)(C)C(=O)O)C(C)(C)[C@@H]5CC[C@]43C)[C@@H]12. The van der Waals surface area contributed by atoms with Crippen LogP contribution in [0.15, 0.2) is 12.2 Å². The number of ketones is 1. The number of esters is 1. The Bertz CT molecular complexity index is 1520. The van der Waals surface area contributed by atoms with Crippen LogP contribution in [0.5, 0.6) is 0 Å². The summed E-state index contributed by atoms with van der Waals surface area (Å²) in [6, 6.07) is 0. The van der Waals surface area contributed by atoms with Crippen molar-refractivity contribution in [3.8, 4) is 0 Å². The number of hydrogen-bond donors (Lipinski definition) is 1. The van der Waals surface area contributed by atoms with Crippen molar-refractivity contribution in [2.75, 3.05) is 19.6 Å². The van der Waals surface area contributed by atoms with Crippen LogP contribution in [-0.2, 0) is 19.1 Å². The maximum absolute atomic E-state index is 15.0. The summed E-state index contributed by atoms with van der Waals surface area (Å²) < 4.78 is 6.22. The number of carbonyl (C=O) groups excluding carboxylic acids is 2. The number of aliphatic carboxylic acids is 1. The second kappa shape index (κ2) is 14.5. The van der Waals surface area contributed by atoms with Crippen LogP contribution in [-0.4, -0.2) is 53.5 Å². The van der Waals surface area contributed by atoms with Crippen molar-refractivity contribution in [1.82, 2.24) is 4.90 Å². The first-order chi connectivity index (χ1) is 25.7. The molecule has 0 radical (unpaired) electrons. The molecular weight excluding hydrogens is 683 g/mol. The van der Waals surface area contributed by atoms with Crippen LogP contribution < -0.4 is 0 Å². The van der Waals surface area contributed by atoms with Gasteiger partial charge >= 0.3 is 11.9 Å². The van der Waals surface area contributed by atoms with Crippen LogP contribution >= 0.6 is 0 Å². The van der Waals surface area contributed by atoms with E-state index < -0.39 is 11.4 Å². The molecule has 1 aliphatic heterocycles. The molecule has 7 fully saturated rings. The minimum Gasteiger partial charge on any atom is -0.481 e. The quantitative estimate of drug-likeness (QED) is 0.176. The number of allylic oxidation sites excluding steroid dienone is 1. The number of hydrogen-bond acceptors (Lipinski definition) is 5. The summed E-state index contributed by atoms with van der Waals surface area (Å²) in [7, 11) is 0. The predicted octanol–water partition coefficient (Wildman–Crippen LogP) is 11.2. The standard InChI is InChI=1S/C49H79NO5/c1-31(2)35-17-22-49(39(51)27-33-13-14-34(26-33)30-50-25-11-12-32(3)29-50)24-23-47(9)36(42(35)49)15-16-38-46(8)20-19-40(55-41(52)28-44(4,5)43(53)54)45(6,7)37(46)18-21-48(38,47)10/h32-38,40,42H,1,11-30H2,2-10H3,(H,53,54)/t32?,33-,34?,35+,36-,37+,38-,40+,42-,46+,47-,48-,49-/m1/s1. The number of carboxylic acids is 1. The van der Waals surface area contributed by atoms with E-state index in [0.29, 0.717) is 41.3 Å². The van der Waals surface area contributed by atoms with Crippen LogP contribution in [0.1, 0.15) is 171 Å². The predicted molar refractivity (Wildman–Crippen MR) is 220 cm³/mol. The Morgan fingerprint density at radius 2 is 1.56 bits per heavy atom. The lowest BCUT2D eigenvalue weighted by Crippen LogP contribution is -2.67. The summed E-state index contributed by atoms with van der Waals surface area (Å²) in [5, 5.41) is 9.65. The summed E-state index contributed by atoms with van der Waals surface area (Å²) in [4.78, 5) is 42.7.